The SMILES string of the molecule is CCCCNC(=O)C(C)N(Cc1ccc(C)cc1)C(=O)CN(c1cccc(C)c1)S(=O)(=O)c1ccc(C)cc1. The second-order valence-corrected chi connectivity index (χ2v) is 11.9. The zero-order valence-electron chi connectivity index (χ0n) is 23.5. The Kier molecular flexibility index (Phi) is 10.3. The van der Waals surface area contributed by atoms with Crippen LogP contribution in [0.2, 0.25) is 0 Å². The molecule has 0 aliphatic heterocycles. The first-order chi connectivity index (χ1) is 18.5. The van der Waals surface area contributed by atoms with E-state index >= 15 is 0 Å². The molecule has 1 unspecified atom stereocenters. The van der Waals surface area contributed by atoms with Crippen molar-refractivity contribution >= 4 is 27.5 Å². The fourth-order valence-corrected chi connectivity index (χ4v) is 5.56. The maximum atomic E-state index is 13.9. The fourth-order valence-electron chi connectivity index (χ4n) is 4.16. The third-order valence-corrected chi connectivity index (χ3v) is 8.44. The van der Waals surface area contributed by atoms with Crippen LogP contribution in [0, 0.1) is 20.8 Å². The number of carbonyl (C=O) groups is 2. The molecule has 0 spiro atoms. The third kappa shape index (κ3) is 7.93. The van der Waals surface area contributed by atoms with Crippen molar-refractivity contribution in [2.24, 2.45) is 0 Å². The number of nitrogens with zero attached hydrogens (tertiary/aromatic N) is 2. The molecule has 3 aromatic rings. The number of amides is 2. The van der Waals surface area contributed by atoms with Crippen LogP contribution in [-0.4, -0.2) is 44.3 Å². The maximum absolute atomic E-state index is 13.9. The van der Waals surface area contributed by atoms with Gasteiger partial charge in [-0.05, 0) is 69.5 Å². The van der Waals surface area contributed by atoms with E-state index in [2.05, 4.69) is 5.32 Å². The van der Waals surface area contributed by atoms with E-state index in [-0.39, 0.29) is 17.3 Å². The first-order valence-corrected chi connectivity index (χ1v) is 14.8. The average molecular weight is 550 g/mol. The van der Waals surface area contributed by atoms with Crippen LogP contribution in [0.4, 0.5) is 5.69 Å². The van der Waals surface area contributed by atoms with Crippen molar-refractivity contribution in [3.8, 4) is 0 Å². The highest BCUT2D eigenvalue weighted by atomic mass is 32.2. The highest BCUT2D eigenvalue weighted by Crippen LogP contribution is 2.25. The summed E-state index contributed by atoms with van der Waals surface area (Å²) in [6.45, 7) is 9.69. The van der Waals surface area contributed by atoms with Gasteiger partial charge in [0.2, 0.25) is 11.8 Å². The van der Waals surface area contributed by atoms with E-state index in [1.807, 2.05) is 58.0 Å². The topological polar surface area (TPSA) is 86.8 Å². The second kappa shape index (κ2) is 13.4. The van der Waals surface area contributed by atoms with Crippen molar-refractivity contribution < 1.29 is 18.0 Å². The van der Waals surface area contributed by atoms with Gasteiger partial charge in [0.1, 0.15) is 12.6 Å². The van der Waals surface area contributed by atoms with Crippen LogP contribution in [0.25, 0.3) is 0 Å². The van der Waals surface area contributed by atoms with Gasteiger partial charge in [-0.15, -0.1) is 0 Å². The molecular weight excluding hydrogens is 510 g/mol. The molecule has 0 saturated carbocycles. The van der Waals surface area contributed by atoms with E-state index in [4.69, 9.17) is 0 Å². The lowest BCUT2D eigenvalue weighted by molar-refractivity contribution is -0.139. The minimum Gasteiger partial charge on any atom is -0.354 e. The number of hydrogen-bond acceptors (Lipinski definition) is 4. The predicted octanol–water partition coefficient (Wildman–Crippen LogP) is 5.14. The van der Waals surface area contributed by atoms with Crippen molar-refractivity contribution in [2.75, 3.05) is 17.4 Å². The molecule has 0 aliphatic carbocycles. The van der Waals surface area contributed by atoms with E-state index in [1.165, 1.54) is 4.90 Å². The number of nitrogens with one attached hydrogen (secondary N) is 1. The zero-order chi connectivity index (χ0) is 28.6. The van der Waals surface area contributed by atoms with Gasteiger partial charge in [0.05, 0.1) is 10.6 Å². The molecule has 8 heteroatoms. The minimum absolute atomic E-state index is 0.0952. The molecule has 0 bridgehead atoms. The monoisotopic (exact) mass is 549 g/mol. The first kappa shape index (κ1) is 29.9. The number of unbranched alkanes of at least 4 members (excludes halogenated alkanes) is 1. The van der Waals surface area contributed by atoms with Crippen LogP contribution in [0.5, 0.6) is 0 Å². The molecule has 3 rings (SSSR count). The van der Waals surface area contributed by atoms with Crippen molar-refractivity contribution in [1.82, 2.24) is 10.2 Å². The molecule has 3 aromatic carbocycles. The quantitative estimate of drug-likeness (QED) is 0.317. The molecule has 39 heavy (non-hydrogen) atoms. The molecule has 2 amide bonds. The Morgan fingerprint density at radius 1 is 0.872 bits per heavy atom. The lowest BCUT2D eigenvalue weighted by atomic mass is 10.1. The number of anilines is 1. The number of rotatable bonds is 12. The molecule has 1 N–H and O–H groups in total. The Morgan fingerprint density at radius 2 is 1.49 bits per heavy atom. The minimum atomic E-state index is -4.07. The Labute approximate surface area is 232 Å². The number of benzene rings is 3. The van der Waals surface area contributed by atoms with Gasteiger partial charge < -0.3 is 10.2 Å². The summed E-state index contributed by atoms with van der Waals surface area (Å²) in [6, 6.07) is 20.5. The molecule has 7 nitrogen and oxygen atoms in total. The largest absolute Gasteiger partial charge is 0.354 e. The van der Waals surface area contributed by atoms with Crippen molar-refractivity contribution in [3.05, 3.63) is 95.1 Å². The first-order valence-electron chi connectivity index (χ1n) is 13.3. The van der Waals surface area contributed by atoms with E-state index in [0.717, 1.165) is 39.4 Å². The molecule has 0 fully saturated rings. The Morgan fingerprint density at radius 3 is 2.08 bits per heavy atom. The van der Waals surface area contributed by atoms with Gasteiger partial charge in [0.25, 0.3) is 10.0 Å². The Balaban J connectivity index is 1.99. The van der Waals surface area contributed by atoms with Gasteiger partial charge in [-0.2, -0.15) is 0 Å². The lowest BCUT2D eigenvalue weighted by Gasteiger charge is -2.32. The van der Waals surface area contributed by atoms with Crippen LogP contribution in [-0.2, 0) is 26.2 Å². The van der Waals surface area contributed by atoms with Gasteiger partial charge in [-0.3, -0.25) is 13.9 Å². The van der Waals surface area contributed by atoms with Crippen molar-refractivity contribution in [3.63, 3.8) is 0 Å². The molecule has 0 aliphatic rings. The normalized spacial score (nSPS) is 12.0. The number of carbonyl (C=O) groups excluding carboxylic acids is 2. The van der Waals surface area contributed by atoms with Crippen LogP contribution >= 0.6 is 0 Å². The van der Waals surface area contributed by atoms with Gasteiger partial charge >= 0.3 is 0 Å². The molecule has 0 radical (unpaired) electrons. The average Bonchev–Trinajstić information content (AvgIpc) is 2.91. The van der Waals surface area contributed by atoms with Crippen LogP contribution in [0.15, 0.2) is 77.7 Å². The highest BCUT2D eigenvalue weighted by Gasteiger charge is 2.32. The summed E-state index contributed by atoms with van der Waals surface area (Å²) < 4.78 is 28.9. The number of aryl methyl sites for hydroxylation is 3. The Hall–Kier alpha value is -3.65. The summed E-state index contributed by atoms with van der Waals surface area (Å²) in [7, 11) is -4.07. The van der Waals surface area contributed by atoms with E-state index in [0.29, 0.717) is 12.2 Å². The van der Waals surface area contributed by atoms with E-state index < -0.39 is 28.5 Å². The summed E-state index contributed by atoms with van der Waals surface area (Å²) in [5.41, 5.74) is 4.12. The predicted molar refractivity (Wildman–Crippen MR) is 156 cm³/mol. The number of sulfonamides is 1. The standard InChI is InChI=1S/C31H39N3O4S/c1-6-7-19-32-31(36)26(5)33(21-27-15-11-23(2)12-16-27)30(35)22-34(28-10-8-9-25(4)20-28)39(37,38)29-17-13-24(3)14-18-29/h8-18,20,26H,6-7,19,21-22H2,1-5H3,(H,32,36). The molecule has 1 atom stereocenters. The maximum Gasteiger partial charge on any atom is 0.264 e. The highest BCUT2D eigenvalue weighted by molar-refractivity contribution is 7.92. The number of hydrogen-bond donors (Lipinski definition) is 1. The zero-order valence-corrected chi connectivity index (χ0v) is 24.3. The van der Waals surface area contributed by atoms with E-state index in [1.54, 1.807) is 49.4 Å². The van der Waals surface area contributed by atoms with Crippen molar-refractivity contribution in [1.29, 1.82) is 0 Å². The van der Waals surface area contributed by atoms with Gasteiger partial charge in [-0.25, -0.2) is 8.42 Å². The van der Waals surface area contributed by atoms with Gasteiger partial charge in [0.15, 0.2) is 0 Å². The summed E-state index contributed by atoms with van der Waals surface area (Å²) >= 11 is 0. The Bertz CT molecular complexity index is 1370. The molecule has 208 valence electrons. The van der Waals surface area contributed by atoms with Gasteiger partial charge in [-0.1, -0.05) is 73.0 Å². The molecule has 0 heterocycles. The van der Waals surface area contributed by atoms with Crippen LogP contribution < -0.4 is 9.62 Å². The third-order valence-electron chi connectivity index (χ3n) is 6.65. The second-order valence-electron chi connectivity index (χ2n) is 9.99. The van der Waals surface area contributed by atoms with E-state index in [9.17, 15) is 18.0 Å². The molecule has 0 saturated heterocycles. The van der Waals surface area contributed by atoms with Gasteiger partial charge in [0, 0.05) is 13.1 Å². The molecular formula is C31H39N3O4S. The lowest BCUT2D eigenvalue weighted by Crippen LogP contribution is -2.51. The summed E-state index contributed by atoms with van der Waals surface area (Å²) in [6.07, 6.45) is 1.77. The summed E-state index contributed by atoms with van der Waals surface area (Å²) in [5, 5.41) is 2.90. The van der Waals surface area contributed by atoms with Crippen LogP contribution in [0.1, 0.15) is 48.9 Å². The smallest absolute Gasteiger partial charge is 0.264 e. The molecule has 0 aromatic heterocycles. The van der Waals surface area contributed by atoms with Crippen LogP contribution in [0.3, 0.4) is 0 Å². The fraction of sp³-hybridized carbons (Fsp3) is 0.355. The summed E-state index contributed by atoms with van der Waals surface area (Å²) in [5.74, 6) is -0.738. The summed E-state index contributed by atoms with van der Waals surface area (Å²) in [4.78, 5) is 28.5. The van der Waals surface area contributed by atoms with Crippen molar-refractivity contribution in [2.45, 2.75) is 64.9 Å².